The first-order chi connectivity index (χ1) is 9.98. The van der Waals surface area contributed by atoms with Crippen LogP contribution in [0.2, 0.25) is 0 Å². The average molecular weight is 324 g/mol. The summed E-state index contributed by atoms with van der Waals surface area (Å²) in [4.78, 5) is 4.62. The molecule has 0 aliphatic carbocycles. The first kappa shape index (κ1) is 16.1. The summed E-state index contributed by atoms with van der Waals surface area (Å²) in [7, 11) is -3.00. The molecule has 0 aliphatic rings. The van der Waals surface area contributed by atoms with Gasteiger partial charge in [0.25, 0.3) is 0 Å². The predicted molar refractivity (Wildman–Crippen MR) is 88.4 cm³/mol. The Balaban J connectivity index is 2.10. The lowest BCUT2D eigenvalue weighted by Gasteiger charge is -2.15. The van der Waals surface area contributed by atoms with Gasteiger partial charge < -0.3 is 5.32 Å². The van der Waals surface area contributed by atoms with Crippen LogP contribution in [-0.2, 0) is 16.3 Å². The van der Waals surface area contributed by atoms with Gasteiger partial charge in [0.05, 0.1) is 16.5 Å². The van der Waals surface area contributed by atoms with Crippen molar-refractivity contribution in [3.8, 4) is 11.3 Å². The summed E-state index contributed by atoms with van der Waals surface area (Å²) >= 11 is 1.58. The Hall–Kier alpha value is -1.24. The fraction of sp³-hybridized carbons (Fsp3) is 0.400. The number of benzene rings is 1. The van der Waals surface area contributed by atoms with Gasteiger partial charge in [0.1, 0.15) is 9.84 Å². The number of rotatable bonds is 7. The van der Waals surface area contributed by atoms with Gasteiger partial charge in [-0.25, -0.2) is 13.4 Å². The van der Waals surface area contributed by atoms with Crippen molar-refractivity contribution in [2.24, 2.45) is 0 Å². The van der Waals surface area contributed by atoms with Crippen LogP contribution in [0.3, 0.4) is 0 Å². The van der Waals surface area contributed by atoms with Crippen molar-refractivity contribution in [2.45, 2.75) is 19.4 Å². The van der Waals surface area contributed by atoms with E-state index >= 15 is 0 Å². The fourth-order valence-electron chi connectivity index (χ4n) is 2.20. The maximum absolute atomic E-state index is 11.5. The number of nitrogens with one attached hydrogen (secondary N) is 1. The van der Waals surface area contributed by atoms with Gasteiger partial charge in [-0.1, -0.05) is 37.3 Å². The Kier molecular flexibility index (Phi) is 5.50. The monoisotopic (exact) mass is 324 g/mol. The molecule has 21 heavy (non-hydrogen) atoms. The highest BCUT2D eigenvalue weighted by atomic mass is 32.2. The quantitative estimate of drug-likeness (QED) is 0.849. The van der Waals surface area contributed by atoms with E-state index in [1.54, 1.807) is 11.3 Å². The molecule has 2 rings (SSSR count). The first-order valence-corrected chi connectivity index (χ1v) is 9.83. The van der Waals surface area contributed by atoms with Crippen molar-refractivity contribution in [1.29, 1.82) is 0 Å². The first-order valence-electron chi connectivity index (χ1n) is 6.89. The third kappa shape index (κ3) is 5.22. The Labute approximate surface area is 130 Å². The van der Waals surface area contributed by atoms with Crippen LogP contribution >= 0.6 is 11.3 Å². The van der Waals surface area contributed by atoms with Crippen LogP contribution in [-0.4, -0.2) is 38.0 Å². The van der Waals surface area contributed by atoms with Crippen molar-refractivity contribution in [2.75, 3.05) is 18.6 Å². The van der Waals surface area contributed by atoms with E-state index < -0.39 is 9.84 Å². The molecule has 1 aromatic carbocycles. The molecule has 2 aromatic rings. The fourth-order valence-corrected chi connectivity index (χ4v) is 4.05. The molecule has 0 aliphatic heterocycles. The second-order valence-corrected chi connectivity index (χ2v) is 8.17. The predicted octanol–water partition coefficient (Wildman–Crippen LogP) is 2.38. The molecule has 0 bridgehead atoms. The summed E-state index contributed by atoms with van der Waals surface area (Å²) < 4.78 is 23.0. The van der Waals surface area contributed by atoms with Gasteiger partial charge in [-0.3, -0.25) is 0 Å². The maximum atomic E-state index is 11.5. The van der Waals surface area contributed by atoms with E-state index in [9.17, 15) is 8.42 Å². The van der Waals surface area contributed by atoms with Crippen LogP contribution in [0.5, 0.6) is 0 Å². The van der Waals surface area contributed by atoms with Crippen LogP contribution in [0.15, 0.2) is 35.7 Å². The van der Waals surface area contributed by atoms with Crippen LogP contribution < -0.4 is 5.32 Å². The molecule has 1 atom stereocenters. The van der Waals surface area contributed by atoms with Crippen molar-refractivity contribution >= 4 is 21.2 Å². The molecule has 0 saturated heterocycles. The third-order valence-electron chi connectivity index (χ3n) is 3.04. The van der Waals surface area contributed by atoms with Crippen LogP contribution in [0.4, 0.5) is 0 Å². The van der Waals surface area contributed by atoms with E-state index in [-0.39, 0.29) is 11.8 Å². The lowest BCUT2D eigenvalue weighted by Crippen LogP contribution is -2.37. The molecule has 1 unspecified atom stereocenters. The number of thiazole rings is 1. The van der Waals surface area contributed by atoms with Gasteiger partial charge >= 0.3 is 0 Å². The zero-order valence-electron chi connectivity index (χ0n) is 12.2. The molecule has 0 spiro atoms. The molecule has 4 nitrogen and oxygen atoms in total. The normalized spacial score (nSPS) is 13.2. The average Bonchev–Trinajstić information content (AvgIpc) is 2.87. The van der Waals surface area contributed by atoms with E-state index in [1.807, 2.05) is 42.6 Å². The van der Waals surface area contributed by atoms with Gasteiger partial charge in [0.2, 0.25) is 0 Å². The number of sulfone groups is 1. The Morgan fingerprint density at radius 3 is 2.62 bits per heavy atom. The SMILES string of the molecule is CCNC(Cc1nc(-c2ccccc2)cs1)CS(C)(=O)=O. The molecule has 1 N–H and O–H groups in total. The van der Waals surface area contributed by atoms with E-state index in [2.05, 4.69) is 10.3 Å². The molecule has 0 radical (unpaired) electrons. The summed E-state index contributed by atoms with van der Waals surface area (Å²) in [6.45, 7) is 2.73. The number of hydrogen-bond acceptors (Lipinski definition) is 5. The number of nitrogens with zero attached hydrogens (tertiary/aromatic N) is 1. The zero-order chi connectivity index (χ0) is 15.3. The summed E-state index contributed by atoms with van der Waals surface area (Å²) in [6.07, 6.45) is 1.91. The van der Waals surface area contributed by atoms with E-state index in [0.29, 0.717) is 6.42 Å². The van der Waals surface area contributed by atoms with Crippen molar-refractivity contribution in [1.82, 2.24) is 10.3 Å². The minimum Gasteiger partial charge on any atom is -0.313 e. The van der Waals surface area contributed by atoms with Crippen molar-refractivity contribution < 1.29 is 8.42 Å². The summed E-state index contributed by atoms with van der Waals surface area (Å²) in [5, 5.41) is 6.21. The van der Waals surface area contributed by atoms with Gasteiger partial charge in [-0.05, 0) is 6.54 Å². The minimum absolute atomic E-state index is 0.0835. The largest absolute Gasteiger partial charge is 0.313 e. The topological polar surface area (TPSA) is 59.1 Å². The molecular formula is C15H20N2O2S2. The third-order valence-corrected chi connectivity index (χ3v) is 4.92. The Morgan fingerprint density at radius 2 is 2.00 bits per heavy atom. The molecule has 0 fully saturated rings. The standard InChI is InChI=1S/C15H20N2O2S2/c1-3-16-13(11-21(2,18)19)9-15-17-14(10-20-15)12-7-5-4-6-8-12/h4-8,10,13,16H,3,9,11H2,1-2H3. The highest BCUT2D eigenvalue weighted by Gasteiger charge is 2.17. The van der Waals surface area contributed by atoms with Crippen LogP contribution in [0.25, 0.3) is 11.3 Å². The second-order valence-electron chi connectivity index (χ2n) is 5.04. The number of aromatic nitrogens is 1. The van der Waals surface area contributed by atoms with Crippen LogP contribution in [0.1, 0.15) is 11.9 Å². The zero-order valence-corrected chi connectivity index (χ0v) is 13.9. The number of hydrogen-bond donors (Lipinski definition) is 1. The molecular weight excluding hydrogens is 304 g/mol. The molecule has 114 valence electrons. The van der Waals surface area contributed by atoms with Crippen molar-refractivity contribution in [3.05, 3.63) is 40.7 Å². The molecule has 1 aromatic heterocycles. The van der Waals surface area contributed by atoms with Gasteiger partial charge in [0.15, 0.2) is 0 Å². The van der Waals surface area contributed by atoms with E-state index in [4.69, 9.17) is 0 Å². The van der Waals surface area contributed by atoms with E-state index in [1.165, 1.54) is 6.26 Å². The van der Waals surface area contributed by atoms with E-state index in [0.717, 1.165) is 22.8 Å². The second kappa shape index (κ2) is 7.15. The Morgan fingerprint density at radius 1 is 1.29 bits per heavy atom. The molecule has 6 heteroatoms. The molecule has 0 amide bonds. The number of likely N-dealkylation sites (N-methyl/N-ethyl adjacent to an activating group) is 1. The Bertz CT molecular complexity index is 666. The summed E-state index contributed by atoms with van der Waals surface area (Å²) in [5.41, 5.74) is 2.04. The summed E-state index contributed by atoms with van der Waals surface area (Å²) in [5.74, 6) is 0.140. The highest BCUT2D eigenvalue weighted by Crippen LogP contribution is 2.22. The van der Waals surface area contributed by atoms with Gasteiger partial charge in [0, 0.05) is 29.7 Å². The van der Waals surface area contributed by atoms with Crippen molar-refractivity contribution in [3.63, 3.8) is 0 Å². The van der Waals surface area contributed by atoms with Crippen LogP contribution in [0, 0.1) is 0 Å². The van der Waals surface area contributed by atoms with Gasteiger partial charge in [-0.2, -0.15) is 0 Å². The smallest absolute Gasteiger partial charge is 0.148 e. The lowest BCUT2D eigenvalue weighted by molar-refractivity contribution is 0.544. The molecule has 1 heterocycles. The van der Waals surface area contributed by atoms with Gasteiger partial charge in [-0.15, -0.1) is 11.3 Å². The lowest BCUT2D eigenvalue weighted by atomic mass is 10.2. The summed E-state index contributed by atoms with van der Waals surface area (Å²) in [6, 6.07) is 9.91. The highest BCUT2D eigenvalue weighted by molar-refractivity contribution is 7.90. The maximum Gasteiger partial charge on any atom is 0.148 e. The molecule has 0 saturated carbocycles. The minimum atomic E-state index is -3.00.